The Morgan fingerprint density at radius 1 is 1.17 bits per heavy atom. The minimum Gasteiger partial charge on any atom is -0.497 e. The highest BCUT2D eigenvalue weighted by molar-refractivity contribution is 5.72. The van der Waals surface area contributed by atoms with E-state index in [0.717, 1.165) is 17.2 Å². The molecule has 2 fully saturated rings. The van der Waals surface area contributed by atoms with E-state index >= 15 is 0 Å². The third kappa shape index (κ3) is 13.0. The Morgan fingerprint density at radius 2 is 1.71 bits per heavy atom. The zero-order valence-electron chi connectivity index (χ0n) is 16.4. The van der Waals surface area contributed by atoms with Crippen LogP contribution in [0.25, 0.3) is 0 Å². The van der Waals surface area contributed by atoms with E-state index in [0.29, 0.717) is 6.42 Å². The van der Waals surface area contributed by atoms with Crippen LogP contribution in [0.2, 0.25) is 0 Å². The van der Waals surface area contributed by atoms with Gasteiger partial charge in [-0.05, 0) is 30.0 Å². The van der Waals surface area contributed by atoms with Gasteiger partial charge in [-0.2, -0.15) is 0 Å². The van der Waals surface area contributed by atoms with Crippen molar-refractivity contribution in [3.05, 3.63) is 29.8 Å². The van der Waals surface area contributed by atoms with Crippen molar-refractivity contribution < 1.29 is 14.3 Å². The lowest BCUT2D eigenvalue weighted by atomic mass is 10.0. The minimum absolute atomic E-state index is 0.123. The molecule has 0 aliphatic heterocycles. The average molecular weight is 337 g/mol. The molecule has 0 saturated heterocycles. The van der Waals surface area contributed by atoms with Crippen LogP contribution in [-0.2, 0) is 16.0 Å². The Labute approximate surface area is 148 Å². The topological polar surface area (TPSA) is 35.5 Å². The number of hydrogen-bond donors (Lipinski definition) is 0. The molecule has 0 aromatic heterocycles. The fraction of sp³-hybridized carbons (Fsp3) is 0.667. The largest absolute Gasteiger partial charge is 0.497 e. The summed E-state index contributed by atoms with van der Waals surface area (Å²) in [5.41, 5.74) is 1.08. The fourth-order valence-electron chi connectivity index (χ4n) is 1.60. The van der Waals surface area contributed by atoms with E-state index in [1.54, 1.807) is 7.11 Å². The molecule has 2 aliphatic carbocycles. The standard InChI is InChI=1S/C12H16O3.C4H8.C3H6.C2H6/c1-9(12(13)15-3)7-10-5-4-6-11(8-10)14-2;1-4-2-3-4;1-2-3-1;1-2/h4-6,8-9H,7H2,1-3H3;4H,2-3H2,1H3;1-3H2;1-2H3. The van der Waals surface area contributed by atoms with E-state index in [2.05, 4.69) is 11.7 Å². The van der Waals surface area contributed by atoms with E-state index in [1.165, 1.54) is 39.2 Å². The number of methoxy groups -OCH3 is 2. The van der Waals surface area contributed by atoms with Gasteiger partial charge in [-0.1, -0.05) is 71.9 Å². The molecule has 1 atom stereocenters. The first kappa shape index (κ1) is 22.5. The summed E-state index contributed by atoms with van der Waals surface area (Å²) in [6.07, 6.45) is 8.14. The second-order valence-electron chi connectivity index (χ2n) is 6.22. The van der Waals surface area contributed by atoms with Crippen LogP contribution in [0.4, 0.5) is 0 Å². The number of rotatable bonds is 4. The van der Waals surface area contributed by atoms with Gasteiger partial charge >= 0.3 is 5.97 Å². The van der Waals surface area contributed by atoms with E-state index < -0.39 is 0 Å². The van der Waals surface area contributed by atoms with Crippen LogP contribution >= 0.6 is 0 Å². The summed E-state index contributed by atoms with van der Waals surface area (Å²) in [7, 11) is 3.03. The Balaban J connectivity index is 0.000000473. The zero-order chi connectivity index (χ0) is 18.4. The van der Waals surface area contributed by atoms with Crippen molar-refractivity contribution in [3.63, 3.8) is 0 Å². The second kappa shape index (κ2) is 13.9. The van der Waals surface area contributed by atoms with Crippen LogP contribution in [0.1, 0.15) is 65.4 Å². The SMILES string of the molecule is C1CC1.CC.CC1CC1.COC(=O)C(C)Cc1cccc(OC)c1. The highest BCUT2D eigenvalue weighted by atomic mass is 16.5. The minimum atomic E-state index is -0.183. The molecule has 3 nitrogen and oxygen atoms in total. The molecule has 0 radical (unpaired) electrons. The molecule has 0 N–H and O–H groups in total. The molecule has 0 bridgehead atoms. The van der Waals surface area contributed by atoms with Crippen LogP contribution in [0.3, 0.4) is 0 Å². The summed E-state index contributed by atoms with van der Waals surface area (Å²) in [5, 5.41) is 0. The smallest absolute Gasteiger partial charge is 0.308 e. The van der Waals surface area contributed by atoms with Crippen LogP contribution in [0, 0.1) is 11.8 Å². The van der Waals surface area contributed by atoms with Gasteiger partial charge in [0.05, 0.1) is 20.1 Å². The Morgan fingerprint density at radius 3 is 2.08 bits per heavy atom. The molecule has 3 rings (SSSR count). The van der Waals surface area contributed by atoms with Crippen molar-refractivity contribution in [3.8, 4) is 5.75 Å². The molecule has 0 spiro atoms. The van der Waals surface area contributed by atoms with Crippen LogP contribution in [0.5, 0.6) is 5.75 Å². The molecule has 2 aliphatic rings. The summed E-state index contributed by atoms with van der Waals surface area (Å²) in [4.78, 5) is 11.2. The van der Waals surface area contributed by atoms with Crippen molar-refractivity contribution in [2.24, 2.45) is 11.8 Å². The lowest BCUT2D eigenvalue weighted by Crippen LogP contribution is -2.15. The van der Waals surface area contributed by atoms with Crippen molar-refractivity contribution in [2.75, 3.05) is 14.2 Å². The molecule has 138 valence electrons. The Kier molecular flexibility index (Phi) is 13.0. The summed E-state index contributed by atoms with van der Waals surface area (Å²) in [5.74, 6) is 1.59. The molecule has 2 saturated carbocycles. The average Bonchev–Trinajstić information content (AvgIpc) is 3.51. The third-order valence-electron chi connectivity index (χ3n) is 3.50. The number of ether oxygens (including phenoxy) is 2. The van der Waals surface area contributed by atoms with Gasteiger partial charge in [-0.15, -0.1) is 0 Å². The Hall–Kier alpha value is -1.51. The monoisotopic (exact) mass is 336 g/mol. The maximum atomic E-state index is 11.2. The van der Waals surface area contributed by atoms with E-state index in [-0.39, 0.29) is 11.9 Å². The molecular weight excluding hydrogens is 300 g/mol. The number of hydrogen-bond acceptors (Lipinski definition) is 3. The molecule has 0 amide bonds. The van der Waals surface area contributed by atoms with Crippen LogP contribution in [0.15, 0.2) is 24.3 Å². The lowest BCUT2D eigenvalue weighted by molar-refractivity contribution is -0.144. The van der Waals surface area contributed by atoms with Gasteiger partial charge in [-0.3, -0.25) is 4.79 Å². The number of carbonyl (C=O) groups is 1. The van der Waals surface area contributed by atoms with E-state index in [4.69, 9.17) is 4.74 Å². The summed E-state index contributed by atoms with van der Waals surface area (Å²) in [6.45, 7) is 8.13. The maximum absolute atomic E-state index is 11.2. The van der Waals surface area contributed by atoms with Crippen molar-refractivity contribution in [2.45, 2.75) is 66.2 Å². The maximum Gasteiger partial charge on any atom is 0.308 e. The van der Waals surface area contributed by atoms with Gasteiger partial charge in [0, 0.05) is 0 Å². The molecule has 24 heavy (non-hydrogen) atoms. The predicted molar refractivity (Wildman–Crippen MR) is 101 cm³/mol. The predicted octanol–water partition coefficient (Wildman–Crippen LogP) is 5.66. The second-order valence-corrected chi connectivity index (χ2v) is 6.22. The Bertz CT molecular complexity index is 434. The lowest BCUT2D eigenvalue weighted by Gasteiger charge is -2.09. The van der Waals surface area contributed by atoms with Gasteiger partial charge in [0.25, 0.3) is 0 Å². The normalized spacial score (nSPS) is 15.1. The van der Waals surface area contributed by atoms with Crippen molar-refractivity contribution >= 4 is 5.97 Å². The van der Waals surface area contributed by atoms with Crippen molar-refractivity contribution in [1.82, 2.24) is 0 Å². The summed E-state index contributed by atoms with van der Waals surface area (Å²) in [6, 6.07) is 7.70. The molecule has 1 unspecified atom stereocenters. The number of carbonyl (C=O) groups excluding carboxylic acids is 1. The van der Waals surface area contributed by atoms with Crippen LogP contribution in [-0.4, -0.2) is 20.2 Å². The summed E-state index contributed by atoms with van der Waals surface area (Å²) >= 11 is 0. The summed E-state index contributed by atoms with van der Waals surface area (Å²) < 4.78 is 9.78. The molecule has 1 aromatic carbocycles. The van der Waals surface area contributed by atoms with Gasteiger partial charge in [0.1, 0.15) is 5.75 Å². The van der Waals surface area contributed by atoms with Crippen molar-refractivity contribution in [1.29, 1.82) is 0 Å². The molecule has 3 heteroatoms. The first-order chi connectivity index (χ1) is 11.6. The third-order valence-corrected chi connectivity index (χ3v) is 3.50. The van der Waals surface area contributed by atoms with E-state index in [1.807, 2.05) is 45.0 Å². The fourth-order valence-corrected chi connectivity index (χ4v) is 1.60. The van der Waals surface area contributed by atoms with Gasteiger partial charge < -0.3 is 9.47 Å². The van der Waals surface area contributed by atoms with Gasteiger partial charge in [0.2, 0.25) is 0 Å². The number of esters is 1. The first-order valence-corrected chi connectivity index (χ1v) is 9.27. The van der Waals surface area contributed by atoms with Gasteiger partial charge in [-0.25, -0.2) is 0 Å². The van der Waals surface area contributed by atoms with E-state index in [9.17, 15) is 4.79 Å². The molecule has 0 heterocycles. The zero-order valence-corrected chi connectivity index (χ0v) is 16.4. The highest BCUT2D eigenvalue weighted by Crippen LogP contribution is 2.26. The highest BCUT2D eigenvalue weighted by Gasteiger charge is 2.13. The first-order valence-electron chi connectivity index (χ1n) is 9.27. The quantitative estimate of drug-likeness (QED) is 0.666. The molecular formula is C21H36O3. The molecule has 1 aromatic rings. The van der Waals surface area contributed by atoms with Gasteiger partial charge in [0.15, 0.2) is 0 Å². The van der Waals surface area contributed by atoms with Crippen LogP contribution < -0.4 is 4.74 Å². The number of benzene rings is 1.